The third-order valence-electron chi connectivity index (χ3n) is 6.71. The smallest absolute Gasteiger partial charge is 0.224 e. The van der Waals surface area contributed by atoms with E-state index in [1.54, 1.807) is 7.11 Å². The molecule has 35 heavy (non-hydrogen) atoms. The number of ether oxygens (including phenoxy) is 2. The molecule has 2 aliphatic rings. The molecule has 2 aromatic carbocycles. The maximum absolute atomic E-state index is 13.5. The van der Waals surface area contributed by atoms with Crippen molar-refractivity contribution in [2.24, 2.45) is 11.8 Å². The van der Waals surface area contributed by atoms with Gasteiger partial charge in [-0.15, -0.1) is 0 Å². The summed E-state index contributed by atoms with van der Waals surface area (Å²) in [6, 6.07) is 12.7. The lowest BCUT2D eigenvalue weighted by Crippen LogP contribution is -2.41. The van der Waals surface area contributed by atoms with E-state index >= 15 is 0 Å². The molecule has 3 atom stereocenters. The van der Waals surface area contributed by atoms with Crippen LogP contribution >= 0.6 is 11.6 Å². The van der Waals surface area contributed by atoms with Crippen LogP contribution in [0.3, 0.4) is 0 Å². The van der Waals surface area contributed by atoms with E-state index in [1.165, 1.54) is 0 Å². The fourth-order valence-corrected chi connectivity index (χ4v) is 6.88. The lowest BCUT2D eigenvalue weighted by atomic mass is 9.95. The Morgan fingerprint density at radius 2 is 1.94 bits per heavy atom. The number of methoxy groups -OCH3 is 1. The first-order valence-corrected chi connectivity index (χ1v) is 13.2. The van der Waals surface area contributed by atoms with Crippen molar-refractivity contribution < 1.29 is 27.1 Å². The summed E-state index contributed by atoms with van der Waals surface area (Å²) in [5.41, 5.74) is 0.0523. The molecule has 0 aliphatic heterocycles. The van der Waals surface area contributed by atoms with Gasteiger partial charge < -0.3 is 14.8 Å². The van der Waals surface area contributed by atoms with Gasteiger partial charge in [0.2, 0.25) is 5.91 Å². The highest BCUT2D eigenvalue weighted by Crippen LogP contribution is 2.42. The molecule has 10 heteroatoms. The van der Waals surface area contributed by atoms with E-state index < -0.39 is 32.4 Å². The summed E-state index contributed by atoms with van der Waals surface area (Å²) in [7, 11) is -2.34. The van der Waals surface area contributed by atoms with Crippen molar-refractivity contribution in [1.29, 1.82) is 5.26 Å². The SMILES string of the molecule is COc1ccc(COCC2CC(S(=O)(=O)c3ccc(F)cc3Cl)CC2C(=O)NC2(C#N)CC2)cc1. The van der Waals surface area contributed by atoms with E-state index in [1.807, 2.05) is 24.3 Å². The molecule has 2 fully saturated rings. The second-order valence-electron chi connectivity index (χ2n) is 9.13. The van der Waals surface area contributed by atoms with E-state index in [-0.39, 0.29) is 47.8 Å². The zero-order valence-electron chi connectivity index (χ0n) is 19.2. The summed E-state index contributed by atoms with van der Waals surface area (Å²) in [5.74, 6) is -1.27. The lowest BCUT2D eigenvalue weighted by molar-refractivity contribution is -0.127. The number of nitriles is 1. The fraction of sp³-hybridized carbons (Fsp3) is 0.440. The summed E-state index contributed by atoms with van der Waals surface area (Å²) >= 11 is 6.05. The fourth-order valence-electron chi connectivity index (χ4n) is 4.49. The van der Waals surface area contributed by atoms with Crippen LogP contribution in [0.2, 0.25) is 5.02 Å². The number of halogens is 2. The molecule has 1 N–H and O–H groups in total. The first kappa shape index (κ1) is 25.4. The van der Waals surface area contributed by atoms with Gasteiger partial charge in [-0.25, -0.2) is 12.8 Å². The molecule has 2 aromatic rings. The molecule has 3 unspecified atom stereocenters. The topological polar surface area (TPSA) is 105 Å². The van der Waals surface area contributed by atoms with Gasteiger partial charge in [-0.2, -0.15) is 5.26 Å². The van der Waals surface area contributed by atoms with E-state index in [0.717, 1.165) is 29.5 Å². The van der Waals surface area contributed by atoms with Crippen LogP contribution in [0.15, 0.2) is 47.4 Å². The predicted molar refractivity (Wildman–Crippen MR) is 127 cm³/mol. The average Bonchev–Trinajstić information content (AvgIpc) is 3.46. The number of sulfone groups is 1. The monoisotopic (exact) mass is 520 g/mol. The summed E-state index contributed by atoms with van der Waals surface area (Å²) in [4.78, 5) is 12.9. The van der Waals surface area contributed by atoms with Gasteiger partial charge in [-0.05, 0) is 67.5 Å². The van der Waals surface area contributed by atoms with E-state index in [0.29, 0.717) is 12.8 Å². The maximum atomic E-state index is 13.5. The van der Waals surface area contributed by atoms with Crippen molar-refractivity contribution in [3.8, 4) is 11.8 Å². The van der Waals surface area contributed by atoms with E-state index in [9.17, 15) is 22.9 Å². The quantitative estimate of drug-likeness (QED) is 0.500. The Kier molecular flexibility index (Phi) is 7.36. The van der Waals surface area contributed by atoms with Gasteiger partial charge in [0.15, 0.2) is 9.84 Å². The third kappa shape index (κ3) is 5.61. The molecule has 0 heterocycles. The number of hydrogen-bond donors (Lipinski definition) is 1. The van der Waals surface area contributed by atoms with Gasteiger partial charge in [0, 0.05) is 5.92 Å². The van der Waals surface area contributed by atoms with Gasteiger partial charge in [0.25, 0.3) is 0 Å². The Balaban J connectivity index is 1.50. The van der Waals surface area contributed by atoms with Gasteiger partial charge in [-0.1, -0.05) is 23.7 Å². The Bertz CT molecular complexity index is 1240. The molecule has 0 saturated heterocycles. The van der Waals surface area contributed by atoms with Crippen molar-refractivity contribution >= 4 is 27.3 Å². The van der Waals surface area contributed by atoms with E-state index in [2.05, 4.69) is 11.4 Å². The Hall–Kier alpha value is -2.67. The average molecular weight is 521 g/mol. The first-order valence-electron chi connectivity index (χ1n) is 11.3. The molecule has 7 nitrogen and oxygen atoms in total. The molecule has 2 saturated carbocycles. The van der Waals surface area contributed by atoms with Gasteiger partial charge in [0.05, 0.1) is 41.6 Å². The molecular weight excluding hydrogens is 495 g/mol. The molecule has 4 rings (SSSR count). The minimum absolute atomic E-state index is 0.0694. The summed E-state index contributed by atoms with van der Waals surface area (Å²) in [5, 5.41) is 11.1. The first-order chi connectivity index (χ1) is 16.7. The summed E-state index contributed by atoms with van der Waals surface area (Å²) in [6.07, 6.45) is 1.41. The van der Waals surface area contributed by atoms with Crippen LogP contribution < -0.4 is 10.1 Å². The molecule has 0 aromatic heterocycles. The highest BCUT2D eigenvalue weighted by molar-refractivity contribution is 7.92. The van der Waals surface area contributed by atoms with Crippen molar-refractivity contribution in [3.63, 3.8) is 0 Å². The number of hydrogen-bond acceptors (Lipinski definition) is 6. The number of nitrogens with one attached hydrogen (secondary N) is 1. The molecule has 0 bridgehead atoms. The number of nitrogens with zero attached hydrogens (tertiary/aromatic N) is 1. The Morgan fingerprint density at radius 3 is 2.54 bits per heavy atom. The maximum Gasteiger partial charge on any atom is 0.224 e. The summed E-state index contributed by atoms with van der Waals surface area (Å²) < 4.78 is 51.2. The predicted octanol–water partition coefficient (Wildman–Crippen LogP) is 4.05. The van der Waals surface area contributed by atoms with Gasteiger partial charge >= 0.3 is 0 Å². The van der Waals surface area contributed by atoms with Crippen LogP contribution in [0, 0.1) is 29.0 Å². The summed E-state index contributed by atoms with van der Waals surface area (Å²) in [6.45, 7) is 0.463. The lowest BCUT2D eigenvalue weighted by Gasteiger charge is -2.20. The molecule has 186 valence electrons. The number of carbonyl (C=O) groups excluding carboxylic acids is 1. The normalized spacial score (nSPS) is 22.9. The second kappa shape index (κ2) is 10.1. The van der Waals surface area contributed by atoms with Crippen LogP contribution in [0.4, 0.5) is 4.39 Å². The minimum Gasteiger partial charge on any atom is -0.497 e. The van der Waals surface area contributed by atoms with Crippen LogP contribution in [-0.4, -0.2) is 38.8 Å². The zero-order valence-corrected chi connectivity index (χ0v) is 20.7. The van der Waals surface area contributed by atoms with Crippen LogP contribution in [0.5, 0.6) is 5.75 Å². The van der Waals surface area contributed by atoms with Crippen molar-refractivity contribution in [3.05, 3.63) is 58.9 Å². The van der Waals surface area contributed by atoms with Crippen LogP contribution in [0.25, 0.3) is 0 Å². The number of benzene rings is 2. The van der Waals surface area contributed by atoms with Crippen LogP contribution in [0.1, 0.15) is 31.2 Å². The number of rotatable bonds is 9. The Morgan fingerprint density at radius 1 is 1.23 bits per heavy atom. The van der Waals surface area contributed by atoms with Crippen LogP contribution in [-0.2, 0) is 26.0 Å². The molecule has 0 spiro atoms. The van der Waals surface area contributed by atoms with Gasteiger partial charge in [0.1, 0.15) is 17.1 Å². The molecule has 0 radical (unpaired) electrons. The zero-order chi connectivity index (χ0) is 25.2. The van der Waals surface area contributed by atoms with Crippen molar-refractivity contribution in [2.75, 3.05) is 13.7 Å². The Labute approximate surface area is 209 Å². The third-order valence-corrected chi connectivity index (χ3v) is 9.37. The second-order valence-corrected chi connectivity index (χ2v) is 11.7. The molecule has 1 amide bonds. The highest BCUT2D eigenvalue weighted by atomic mass is 35.5. The molecular formula is C25H26ClFN2O5S. The molecule has 2 aliphatic carbocycles. The largest absolute Gasteiger partial charge is 0.497 e. The standard InChI is InChI=1S/C25H26ClFN2O5S/c1-33-19-5-2-16(3-6-19)13-34-14-17-10-20(12-21(17)24(30)29-25(15-28)8-9-25)35(31,32)23-7-4-18(27)11-22(23)26/h2-7,11,17,20-21H,8-10,12-14H2,1H3,(H,29,30). The number of amides is 1. The van der Waals surface area contributed by atoms with Gasteiger partial charge in [-0.3, -0.25) is 4.79 Å². The highest BCUT2D eigenvalue weighted by Gasteiger charge is 2.50. The minimum atomic E-state index is -3.92. The number of carbonyl (C=O) groups is 1. The van der Waals surface area contributed by atoms with Crippen molar-refractivity contribution in [1.82, 2.24) is 5.32 Å². The van der Waals surface area contributed by atoms with E-state index in [4.69, 9.17) is 21.1 Å². The van der Waals surface area contributed by atoms with Crippen molar-refractivity contribution in [2.45, 2.75) is 48.0 Å².